The standard InChI is InChI=1S/C45H71NO8S.K/c1-29(2)32(6)45(39(47)53-25-33-16-14-13-15-17-33)31(5)20-22-41(8)34-18-19-37-40(7)26-52-28-44(37,35(34)21-23-43(41,45)10)24-36(51-12)38(40)54-27-42(9,30(3)4)46(11)55(48,49)50;/h13-17,21,29-32,34,36-38H,18-20,22-28H2,1-12H3,(H,48,49,50);/q;+1/p-1/t31?,32-,34+,36-,37+,38+,40+,41-,42-,43-,44-,45-;/m1./s1. The van der Waals surface area contributed by atoms with Crippen LogP contribution in [0.2, 0.25) is 0 Å². The van der Waals surface area contributed by atoms with Crippen LogP contribution in [0.3, 0.4) is 0 Å². The minimum Gasteiger partial charge on any atom is -0.735 e. The maximum absolute atomic E-state index is 15.1. The largest absolute Gasteiger partial charge is 1.00 e. The fourth-order valence-electron chi connectivity index (χ4n) is 13.4. The van der Waals surface area contributed by atoms with Gasteiger partial charge in [0.1, 0.15) is 6.61 Å². The molecule has 1 unspecified atom stereocenters. The molecule has 0 amide bonds. The maximum Gasteiger partial charge on any atom is 1.00 e. The van der Waals surface area contributed by atoms with E-state index in [1.165, 1.54) is 12.6 Å². The van der Waals surface area contributed by atoms with Gasteiger partial charge in [-0.3, -0.25) is 4.79 Å². The zero-order chi connectivity index (χ0) is 40.6. The van der Waals surface area contributed by atoms with E-state index in [2.05, 4.69) is 54.5 Å². The normalized spacial score (nSPS) is 39.7. The summed E-state index contributed by atoms with van der Waals surface area (Å²) in [7, 11) is -1.58. The molecule has 2 bridgehead atoms. The Kier molecular flexibility index (Phi) is 13.9. The van der Waals surface area contributed by atoms with E-state index < -0.39 is 26.7 Å². The first kappa shape index (κ1) is 46.9. The van der Waals surface area contributed by atoms with Crippen molar-refractivity contribution in [3.63, 3.8) is 0 Å². The third-order valence-corrected chi connectivity index (χ3v) is 18.5. The number of likely N-dealkylation sites (N-methyl/N-ethyl adjacent to an activating group) is 1. The van der Waals surface area contributed by atoms with Crippen molar-refractivity contribution >= 4 is 16.3 Å². The molecule has 0 radical (unpaired) electrons. The Hall–Kier alpha value is -0.184. The fraction of sp³-hybridized carbons (Fsp3) is 0.800. The number of carbonyl (C=O) groups excluding carboxylic acids is 1. The van der Waals surface area contributed by atoms with Gasteiger partial charge in [-0.1, -0.05) is 104 Å². The van der Waals surface area contributed by atoms with E-state index in [-0.39, 0.29) is 129 Å². The van der Waals surface area contributed by atoms with Gasteiger partial charge in [0, 0.05) is 25.0 Å². The molecular weight excluding hydrogens is 754 g/mol. The van der Waals surface area contributed by atoms with E-state index in [1.807, 2.05) is 44.2 Å². The number of nitrogens with zero attached hydrogens (tertiary/aromatic N) is 1. The van der Waals surface area contributed by atoms with Gasteiger partial charge in [-0.05, 0) is 97.3 Å². The SMILES string of the molecule is CO[C@@H]1C[C@]23COC[C@@](C)([C@@H]2CC[C@H]2C3=CC[C@]3(C)[C@]2(C)CCC(C)[C@]3(C(=O)OCc2ccccc2)[C@H](C)C(C)C)[C@H]1OC[C@](C)(C(C)C)N(C)S(=O)(=O)[O-].[K+]. The van der Waals surface area contributed by atoms with E-state index in [0.717, 1.165) is 48.4 Å². The summed E-state index contributed by atoms with van der Waals surface area (Å²) in [6.07, 6.45) is 7.50. The van der Waals surface area contributed by atoms with Crippen LogP contribution in [0.25, 0.3) is 0 Å². The van der Waals surface area contributed by atoms with Crippen molar-refractivity contribution in [2.24, 2.45) is 62.6 Å². The van der Waals surface area contributed by atoms with Crippen LogP contribution in [0.5, 0.6) is 0 Å². The summed E-state index contributed by atoms with van der Waals surface area (Å²) >= 11 is 0. The monoisotopic (exact) mass is 823 g/mol. The first-order valence-electron chi connectivity index (χ1n) is 21.0. The molecule has 0 N–H and O–H groups in total. The number of hydrogen-bond acceptors (Lipinski definition) is 8. The Labute approximate surface area is 381 Å². The van der Waals surface area contributed by atoms with Gasteiger partial charge < -0.3 is 23.5 Å². The van der Waals surface area contributed by atoms with Crippen LogP contribution in [0.15, 0.2) is 42.0 Å². The summed E-state index contributed by atoms with van der Waals surface area (Å²) < 4.78 is 64.1. The minimum atomic E-state index is -4.70. The molecule has 5 aliphatic rings. The summed E-state index contributed by atoms with van der Waals surface area (Å²) in [6.45, 7) is 23.5. The Balaban J connectivity index is 0.00000600. The van der Waals surface area contributed by atoms with E-state index in [9.17, 15) is 13.0 Å². The number of fused-ring (bicyclic) bond motifs is 3. The molecule has 9 nitrogen and oxygen atoms in total. The van der Waals surface area contributed by atoms with Crippen molar-refractivity contribution in [3.8, 4) is 0 Å². The van der Waals surface area contributed by atoms with Gasteiger partial charge in [0.15, 0.2) is 10.3 Å². The van der Waals surface area contributed by atoms with Gasteiger partial charge in [0.2, 0.25) is 0 Å². The van der Waals surface area contributed by atoms with Gasteiger partial charge in [-0.2, -0.15) is 0 Å². The van der Waals surface area contributed by atoms with Crippen molar-refractivity contribution in [2.75, 3.05) is 34.0 Å². The van der Waals surface area contributed by atoms with E-state index in [0.29, 0.717) is 19.1 Å². The van der Waals surface area contributed by atoms with Gasteiger partial charge in [-0.25, -0.2) is 12.7 Å². The second-order valence-corrected chi connectivity index (χ2v) is 21.4. The van der Waals surface area contributed by atoms with Crippen LogP contribution in [0.1, 0.15) is 113 Å². The molecule has 1 aromatic rings. The smallest absolute Gasteiger partial charge is 0.735 e. The Morgan fingerprint density at radius 2 is 1.71 bits per heavy atom. The molecule has 0 aromatic heterocycles. The molecular formula is C45H70KNO8S. The van der Waals surface area contributed by atoms with Crippen LogP contribution < -0.4 is 51.4 Å². The number of allylic oxidation sites excluding steroid dienone is 1. The quantitative estimate of drug-likeness (QED) is 0.119. The number of carbonyl (C=O) groups is 1. The fourth-order valence-corrected chi connectivity index (χ4v) is 14.2. The maximum atomic E-state index is 15.1. The molecule has 4 aliphatic carbocycles. The molecule has 0 spiro atoms. The summed E-state index contributed by atoms with van der Waals surface area (Å²) in [6, 6.07) is 10.0. The minimum absolute atomic E-state index is 0. The summed E-state index contributed by atoms with van der Waals surface area (Å²) in [5.41, 5.74) is -0.384. The molecule has 4 fully saturated rings. The molecule has 1 saturated heterocycles. The molecule has 3 saturated carbocycles. The second kappa shape index (κ2) is 16.6. The number of methoxy groups -OCH3 is 1. The first-order valence-corrected chi connectivity index (χ1v) is 22.3. The molecule has 1 heterocycles. The van der Waals surface area contributed by atoms with Crippen LogP contribution in [0.4, 0.5) is 0 Å². The summed E-state index contributed by atoms with van der Waals surface area (Å²) in [4.78, 5) is 15.1. The van der Waals surface area contributed by atoms with Crippen molar-refractivity contribution < 1.29 is 88.1 Å². The number of hydrogen-bond donors (Lipinski definition) is 0. The van der Waals surface area contributed by atoms with Crippen LogP contribution in [-0.2, 0) is 40.7 Å². The molecule has 6 rings (SSSR count). The summed E-state index contributed by atoms with van der Waals surface area (Å²) in [5.74, 6) is 0.894. The Morgan fingerprint density at radius 3 is 2.30 bits per heavy atom. The van der Waals surface area contributed by atoms with Gasteiger partial charge >= 0.3 is 57.4 Å². The van der Waals surface area contributed by atoms with Crippen LogP contribution in [0, 0.1) is 62.6 Å². The molecule has 12 atom stereocenters. The zero-order valence-corrected chi connectivity index (χ0v) is 40.7. The number of ether oxygens (including phenoxy) is 4. The van der Waals surface area contributed by atoms with Gasteiger partial charge in [0.25, 0.3) is 0 Å². The van der Waals surface area contributed by atoms with Gasteiger partial charge in [0.05, 0.1) is 43.0 Å². The molecule has 310 valence electrons. The predicted molar refractivity (Wildman–Crippen MR) is 213 cm³/mol. The first-order chi connectivity index (χ1) is 25.6. The topological polar surface area (TPSA) is 114 Å². The molecule has 56 heavy (non-hydrogen) atoms. The van der Waals surface area contributed by atoms with E-state index in [4.69, 9.17) is 18.9 Å². The average molecular weight is 824 g/mol. The van der Waals surface area contributed by atoms with Crippen molar-refractivity contribution in [2.45, 2.75) is 132 Å². The van der Waals surface area contributed by atoms with Crippen molar-refractivity contribution in [1.29, 1.82) is 0 Å². The third kappa shape index (κ3) is 6.96. The van der Waals surface area contributed by atoms with E-state index in [1.54, 1.807) is 14.0 Å². The Bertz CT molecular complexity index is 1720. The van der Waals surface area contributed by atoms with Crippen LogP contribution >= 0.6 is 0 Å². The summed E-state index contributed by atoms with van der Waals surface area (Å²) in [5, 5.41) is 0. The number of rotatable bonds is 12. The predicted octanol–water partition coefficient (Wildman–Crippen LogP) is 5.44. The molecule has 11 heteroatoms. The van der Waals surface area contributed by atoms with E-state index >= 15 is 4.79 Å². The zero-order valence-electron chi connectivity index (χ0n) is 36.8. The van der Waals surface area contributed by atoms with Crippen molar-refractivity contribution in [3.05, 3.63) is 47.5 Å². The second-order valence-electron chi connectivity index (χ2n) is 20.0. The van der Waals surface area contributed by atoms with Crippen molar-refractivity contribution in [1.82, 2.24) is 4.31 Å². The third-order valence-electron chi connectivity index (χ3n) is 17.5. The van der Waals surface area contributed by atoms with Gasteiger partial charge in [-0.15, -0.1) is 0 Å². The molecule has 1 aliphatic heterocycles. The Morgan fingerprint density at radius 1 is 1.05 bits per heavy atom. The van der Waals surface area contributed by atoms with Crippen LogP contribution in [-0.4, -0.2) is 75.0 Å². The number of benzene rings is 1. The number of esters is 1. The molecule has 1 aromatic carbocycles. The average Bonchev–Trinajstić information content (AvgIpc) is 3.13.